The van der Waals surface area contributed by atoms with Gasteiger partial charge in [0.15, 0.2) is 0 Å². The minimum Gasteiger partial charge on any atom is -0.338 e. The fourth-order valence-corrected chi connectivity index (χ4v) is 2.04. The molecule has 0 saturated carbocycles. The monoisotopic (exact) mass is 224 g/mol. The molecule has 92 valence electrons. The topological polar surface area (TPSA) is 41.1 Å². The maximum Gasteiger partial charge on any atom is 0.315 e. The minimum absolute atomic E-state index is 0.0416. The Balaban J connectivity index is 2.42. The van der Waals surface area contributed by atoms with Gasteiger partial charge < -0.3 is 10.6 Å². The molecule has 0 heterocycles. The predicted octanol–water partition coefficient (Wildman–Crippen LogP) is 2.83. The van der Waals surface area contributed by atoms with E-state index in [1.165, 1.54) is 5.57 Å². The highest BCUT2D eigenvalue weighted by molar-refractivity contribution is 5.74. The summed E-state index contributed by atoms with van der Waals surface area (Å²) in [6, 6.07) is 0.262. The lowest BCUT2D eigenvalue weighted by Gasteiger charge is -2.30. The molecule has 0 spiro atoms. The molecule has 0 bridgehead atoms. The molecular formula is C13H24N2O. The Bertz CT molecular complexity index is 276. The molecule has 0 saturated heterocycles. The summed E-state index contributed by atoms with van der Waals surface area (Å²) in [6.07, 6.45) is 5.41. The predicted molar refractivity (Wildman–Crippen MR) is 67.4 cm³/mol. The lowest BCUT2D eigenvalue weighted by molar-refractivity contribution is 0.236. The summed E-state index contributed by atoms with van der Waals surface area (Å²) < 4.78 is 0. The van der Waals surface area contributed by atoms with Crippen LogP contribution >= 0.6 is 0 Å². The van der Waals surface area contributed by atoms with Crippen molar-refractivity contribution >= 4 is 6.03 Å². The zero-order chi connectivity index (χ0) is 12.2. The van der Waals surface area contributed by atoms with Crippen molar-refractivity contribution < 1.29 is 4.79 Å². The van der Waals surface area contributed by atoms with Crippen LogP contribution in [0, 0.1) is 5.41 Å². The molecule has 3 heteroatoms. The highest BCUT2D eigenvalue weighted by atomic mass is 16.2. The maximum atomic E-state index is 11.3. The number of allylic oxidation sites excluding steroid dienone is 1. The number of nitrogens with one attached hydrogen (secondary N) is 2. The number of carbonyl (C=O) groups is 1. The van der Waals surface area contributed by atoms with Gasteiger partial charge in [0.2, 0.25) is 0 Å². The van der Waals surface area contributed by atoms with Crippen LogP contribution in [-0.2, 0) is 0 Å². The van der Waals surface area contributed by atoms with Crippen molar-refractivity contribution in [2.24, 2.45) is 5.41 Å². The summed E-state index contributed by atoms with van der Waals surface area (Å²) in [5.41, 5.74) is 1.79. The van der Waals surface area contributed by atoms with Gasteiger partial charge in [-0.1, -0.05) is 32.4 Å². The van der Waals surface area contributed by atoms with Crippen LogP contribution in [0.15, 0.2) is 11.6 Å². The Hall–Kier alpha value is -0.990. The fourth-order valence-electron chi connectivity index (χ4n) is 2.04. The second-order valence-corrected chi connectivity index (χ2v) is 5.45. The SMILES string of the molecule is CCNC(=O)NC1CC=C(C(C)(C)C)CC1. The van der Waals surface area contributed by atoms with Gasteiger partial charge in [0.1, 0.15) is 0 Å². The van der Waals surface area contributed by atoms with Crippen LogP contribution in [0.25, 0.3) is 0 Å². The summed E-state index contributed by atoms with van der Waals surface area (Å²) >= 11 is 0. The third-order valence-electron chi connectivity index (χ3n) is 3.05. The zero-order valence-corrected chi connectivity index (χ0v) is 10.9. The van der Waals surface area contributed by atoms with E-state index >= 15 is 0 Å². The molecule has 2 amide bonds. The van der Waals surface area contributed by atoms with Gasteiger partial charge >= 0.3 is 6.03 Å². The van der Waals surface area contributed by atoms with Crippen LogP contribution in [0.3, 0.4) is 0 Å². The van der Waals surface area contributed by atoms with E-state index in [1.807, 2.05) is 6.92 Å². The van der Waals surface area contributed by atoms with E-state index in [2.05, 4.69) is 37.5 Å². The van der Waals surface area contributed by atoms with Crippen molar-refractivity contribution in [2.45, 2.75) is 53.0 Å². The average molecular weight is 224 g/mol. The van der Waals surface area contributed by atoms with Crippen molar-refractivity contribution in [3.63, 3.8) is 0 Å². The summed E-state index contributed by atoms with van der Waals surface area (Å²) in [5, 5.41) is 5.76. The van der Waals surface area contributed by atoms with Crippen LogP contribution in [-0.4, -0.2) is 18.6 Å². The third-order valence-corrected chi connectivity index (χ3v) is 3.05. The normalized spacial score (nSPS) is 21.2. The Kier molecular flexibility index (Phi) is 4.39. The highest BCUT2D eigenvalue weighted by Crippen LogP contribution is 2.32. The number of hydrogen-bond acceptors (Lipinski definition) is 1. The van der Waals surface area contributed by atoms with Gasteiger partial charge in [0.25, 0.3) is 0 Å². The van der Waals surface area contributed by atoms with Crippen LogP contribution in [0.1, 0.15) is 47.0 Å². The van der Waals surface area contributed by atoms with Gasteiger partial charge in [-0.2, -0.15) is 0 Å². The molecule has 1 rings (SSSR count). The number of urea groups is 1. The Labute approximate surface area is 98.7 Å². The highest BCUT2D eigenvalue weighted by Gasteiger charge is 2.22. The van der Waals surface area contributed by atoms with E-state index in [0.29, 0.717) is 12.6 Å². The number of amides is 2. The number of rotatable bonds is 2. The molecule has 1 aliphatic carbocycles. The number of carbonyl (C=O) groups excluding carboxylic acids is 1. The molecule has 3 nitrogen and oxygen atoms in total. The van der Waals surface area contributed by atoms with Crippen molar-refractivity contribution in [1.29, 1.82) is 0 Å². The molecular weight excluding hydrogens is 200 g/mol. The van der Waals surface area contributed by atoms with Gasteiger partial charge in [-0.25, -0.2) is 4.79 Å². The van der Waals surface area contributed by atoms with Crippen LogP contribution in [0.2, 0.25) is 0 Å². The van der Waals surface area contributed by atoms with E-state index < -0.39 is 0 Å². The van der Waals surface area contributed by atoms with Gasteiger partial charge in [0, 0.05) is 12.6 Å². The fraction of sp³-hybridized carbons (Fsp3) is 0.769. The van der Waals surface area contributed by atoms with Gasteiger partial charge in [-0.05, 0) is 31.6 Å². The van der Waals surface area contributed by atoms with Crippen molar-refractivity contribution in [2.75, 3.05) is 6.54 Å². The van der Waals surface area contributed by atoms with E-state index in [1.54, 1.807) is 0 Å². The smallest absolute Gasteiger partial charge is 0.315 e. The molecule has 16 heavy (non-hydrogen) atoms. The van der Waals surface area contributed by atoms with E-state index in [9.17, 15) is 4.79 Å². The summed E-state index contributed by atoms with van der Waals surface area (Å²) in [7, 11) is 0. The lowest BCUT2D eigenvalue weighted by Crippen LogP contribution is -2.42. The van der Waals surface area contributed by atoms with E-state index in [-0.39, 0.29) is 11.4 Å². The molecule has 0 aromatic carbocycles. The second-order valence-electron chi connectivity index (χ2n) is 5.45. The van der Waals surface area contributed by atoms with Gasteiger partial charge in [-0.15, -0.1) is 0 Å². The van der Waals surface area contributed by atoms with Crippen LogP contribution in [0.4, 0.5) is 4.79 Å². The summed E-state index contributed by atoms with van der Waals surface area (Å²) in [6.45, 7) is 9.35. The van der Waals surface area contributed by atoms with E-state index in [0.717, 1.165) is 19.3 Å². The minimum atomic E-state index is -0.0416. The van der Waals surface area contributed by atoms with Gasteiger partial charge in [0.05, 0.1) is 0 Å². The molecule has 1 atom stereocenters. The Morgan fingerprint density at radius 1 is 1.50 bits per heavy atom. The first kappa shape index (κ1) is 13.1. The average Bonchev–Trinajstić information content (AvgIpc) is 2.17. The molecule has 0 fully saturated rings. The van der Waals surface area contributed by atoms with Crippen molar-refractivity contribution in [3.05, 3.63) is 11.6 Å². The molecule has 1 aliphatic rings. The Morgan fingerprint density at radius 2 is 2.19 bits per heavy atom. The molecule has 0 aromatic rings. The van der Waals surface area contributed by atoms with Crippen molar-refractivity contribution in [3.8, 4) is 0 Å². The third kappa shape index (κ3) is 3.87. The van der Waals surface area contributed by atoms with E-state index in [4.69, 9.17) is 0 Å². The maximum absolute atomic E-state index is 11.3. The quantitative estimate of drug-likeness (QED) is 0.696. The van der Waals surface area contributed by atoms with Crippen LogP contribution in [0.5, 0.6) is 0 Å². The first-order valence-electron chi connectivity index (χ1n) is 6.17. The molecule has 0 aromatic heterocycles. The number of hydrogen-bond donors (Lipinski definition) is 2. The molecule has 0 aliphatic heterocycles. The van der Waals surface area contributed by atoms with Crippen LogP contribution < -0.4 is 10.6 Å². The molecule has 0 radical (unpaired) electrons. The van der Waals surface area contributed by atoms with Crippen molar-refractivity contribution in [1.82, 2.24) is 10.6 Å². The summed E-state index contributed by atoms with van der Waals surface area (Å²) in [5.74, 6) is 0. The first-order chi connectivity index (χ1) is 7.43. The standard InChI is InChI=1S/C13H24N2O/c1-5-14-12(16)15-11-8-6-10(7-9-11)13(2,3)4/h6,11H,5,7-9H2,1-4H3,(H2,14,15,16). The molecule has 1 unspecified atom stereocenters. The van der Waals surface area contributed by atoms with Gasteiger partial charge in [-0.3, -0.25) is 0 Å². The zero-order valence-electron chi connectivity index (χ0n) is 10.9. The Morgan fingerprint density at radius 3 is 2.62 bits per heavy atom. The largest absolute Gasteiger partial charge is 0.338 e. The molecule has 2 N–H and O–H groups in total. The second kappa shape index (κ2) is 5.37. The summed E-state index contributed by atoms with van der Waals surface area (Å²) in [4.78, 5) is 11.3. The first-order valence-corrected chi connectivity index (χ1v) is 6.17. The lowest BCUT2D eigenvalue weighted by atomic mass is 9.79.